The van der Waals surface area contributed by atoms with E-state index in [9.17, 15) is 18.3 Å². The lowest BCUT2D eigenvalue weighted by Crippen LogP contribution is -2.68. The van der Waals surface area contributed by atoms with E-state index in [4.69, 9.17) is 9.47 Å². The molecule has 0 amide bonds. The van der Waals surface area contributed by atoms with Crippen molar-refractivity contribution in [3.05, 3.63) is 29.8 Å². The van der Waals surface area contributed by atoms with E-state index in [2.05, 4.69) is 29.5 Å². The molecule has 0 radical (unpaired) electrons. The molecule has 4 unspecified atom stereocenters. The average molecular weight is 557 g/mol. The Hall–Kier alpha value is -1.27. The summed E-state index contributed by atoms with van der Waals surface area (Å²) in [5, 5.41) is 16.8. The number of rotatable bonds is 7. The van der Waals surface area contributed by atoms with Crippen LogP contribution >= 0.6 is 24.0 Å². The van der Waals surface area contributed by atoms with Gasteiger partial charge in [0.2, 0.25) is 0 Å². The summed E-state index contributed by atoms with van der Waals surface area (Å²) in [5.41, 5.74) is -0.800. The Morgan fingerprint density at radius 1 is 1.39 bits per heavy atom. The highest BCUT2D eigenvalue weighted by molar-refractivity contribution is 14.0. The topological polar surface area (TPSA) is 75.1 Å². The zero-order valence-corrected chi connectivity index (χ0v) is 20.2. The number of hydrogen-bond acceptors (Lipinski definition) is 4. The first-order valence-corrected chi connectivity index (χ1v) is 10.3. The first-order valence-electron chi connectivity index (χ1n) is 10.3. The van der Waals surface area contributed by atoms with E-state index in [0.717, 1.165) is 25.2 Å². The van der Waals surface area contributed by atoms with Crippen LogP contribution in [0.25, 0.3) is 0 Å². The fraction of sp³-hybridized carbons (Fsp3) is 0.667. The highest BCUT2D eigenvalue weighted by Crippen LogP contribution is 2.52. The van der Waals surface area contributed by atoms with E-state index in [1.54, 1.807) is 0 Å². The molecule has 1 aromatic carbocycles. The van der Waals surface area contributed by atoms with Crippen molar-refractivity contribution in [2.45, 2.75) is 51.6 Å². The normalized spacial score (nSPS) is 25.6. The molecule has 1 aliphatic carbocycles. The van der Waals surface area contributed by atoms with Gasteiger partial charge in [0.25, 0.3) is 0 Å². The van der Waals surface area contributed by atoms with Crippen molar-refractivity contribution >= 4 is 29.9 Å². The molecular weight excluding hydrogens is 526 g/mol. The van der Waals surface area contributed by atoms with Crippen LogP contribution in [0.15, 0.2) is 29.3 Å². The van der Waals surface area contributed by atoms with Crippen molar-refractivity contribution < 1.29 is 27.8 Å². The summed E-state index contributed by atoms with van der Waals surface area (Å²) in [6.07, 6.45) is -4.12. The van der Waals surface area contributed by atoms with Gasteiger partial charge >= 0.3 is 6.18 Å². The number of nitrogens with zero attached hydrogens (tertiary/aromatic N) is 1. The number of guanidine groups is 1. The lowest BCUT2D eigenvalue weighted by molar-refractivity contribution is -0.137. The van der Waals surface area contributed by atoms with Gasteiger partial charge in [0, 0.05) is 30.5 Å². The molecule has 0 bridgehead atoms. The molecule has 2 fully saturated rings. The van der Waals surface area contributed by atoms with E-state index in [0.29, 0.717) is 18.4 Å². The van der Waals surface area contributed by atoms with E-state index in [-0.39, 0.29) is 60.4 Å². The molecule has 1 aliphatic heterocycles. The maximum absolute atomic E-state index is 12.8. The molecule has 6 nitrogen and oxygen atoms in total. The van der Waals surface area contributed by atoms with Crippen LogP contribution in [0.3, 0.4) is 0 Å². The standard InChI is InChI=1S/C21H30F3N3O3.HI/c1-4-25-19(27-17-16-8-9-29-18(16)20(17,2)3)26-11-14(28)12-30-15-7-5-6-13(10-15)21(22,23)24;/h5-7,10,14,16-18,28H,4,8-9,11-12H2,1-3H3,(H2,25,26,27);1H. The molecule has 1 aromatic rings. The number of aliphatic hydroxyl groups excluding tert-OH is 1. The van der Waals surface area contributed by atoms with Crippen molar-refractivity contribution in [3.8, 4) is 5.75 Å². The molecule has 31 heavy (non-hydrogen) atoms. The van der Waals surface area contributed by atoms with Gasteiger partial charge in [-0.15, -0.1) is 24.0 Å². The van der Waals surface area contributed by atoms with Crippen LogP contribution < -0.4 is 15.4 Å². The zero-order valence-electron chi connectivity index (χ0n) is 17.9. The molecule has 0 spiro atoms. The van der Waals surface area contributed by atoms with Crippen LogP contribution in [0.5, 0.6) is 5.75 Å². The largest absolute Gasteiger partial charge is 0.491 e. The zero-order chi connectivity index (χ0) is 21.9. The lowest BCUT2D eigenvalue weighted by Gasteiger charge is -2.54. The minimum atomic E-state index is -4.44. The highest BCUT2D eigenvalue weighted by atomic mass is 127. The van der Waals surface area contributed by atoms with Crippen LogP contribution in [0, 0.1) is 11.3 Å². The Kier molecular flexibility index (Phi) is 8.86. The van der Waals surface area contributed by atoms with E-state index >= 15 is 0 Å². The molecule has 1 heterocycles. The fourth-order valence-electron chi connectivity index (χ4n) is 4.29. The first-order chi connectivity index (χ1) is 14.1. The predicted molar refractivity (Wildman–Crippen MR) is 123 cm³/mol. The van der Waals surface area contributed by atoms with Gasteiger partial charge in [0.1, 0.15) is 18.5 Å². The molecule has 10 heteroatoms. The Balaban J connectivity index is 0.00000341. The third kappa shape index (κ3) is 6.16. The van der Waals surface area contributed by atoms with Gasteiger partial charge in [0.15, 0.2) is 5.96 Å². The summed E-state index contributed by atoms with van der Waals surface area (Å²) in [5.74, 6) is 1.10. The third-order valence-electron chi connectivity index (χ3n) is 5.80. The van der Waals surface area contributed by atoms with Crippen molar-refractivity contribution in [1.82, 2.24) is 10.6 Å². The molecule has 1 saturated heterocycles. The number of benzene rings is 1. The molecule has 0 aromatic heterocycles. The number of nitrogens with one attached hydrogen (secondary N) is 2. The summed E-state index contributed by atoms with van der Waals surface area (Å²) >= 11 is 0. The smallest absolute Gasteiger partial charge is 0.416 e. The van der Waals surface area contributed by atoms with Gasteiger partial charge in [-0.2, -0.15) is 13.2 Å². The lowest BCUT2D eigenvalue weighted by atomic mass is 9.57. The summed E-state index contributed by atoms with van der Waals surface area (Å²) in [7, 11) is 0. The van der Waals surface area contributed by atoms with Crippen molar-refractivity contribution in [2.24, 2.45) is 16.3 Å². The maximum Gasteiger partial charge on any atom is 0.416 e. The van der Waals surface area contributed by atoms with Crippen LogP contribution in [0.2, 0.25) is 0 Å². The summed E-state index contributed by atoms with van der Waals surface area (Å²) in [6, 6.07) is 4.82. The number of fused-ring (bicyclic) bond motifs is 1. The Labute approximate surface area is 198 Å². The SMILES string of the molecule is CCNC(=NCC(O)COc1cccc(C(F)(F)F)c1)NC1C2CCOC2C1(C)C.I. The van der Waals surface area contributed by atoms with Gasteiger partial charge in [0.05, 0.1) is 18.2 Å². The predicted octanol–water partition coefficient (Wildman–Crippen LogP) is 3.43. The molecule has 4 atom stereocenters. The van der Waals surface area contributed by atoms with E-state index in [1.165, 1.54) is 12.1 Å². The second-order valence-electron chi connectivity index (χ2n) is 8.40. The second kappa shape index (κ2) is 10.6. The van der Waals surface area contributed by atoms with Gasteiger partial charge in [-0.25, -0.2) is 0 Å². The molecule has 2 aliphatic rings. The van der Waals surface area contributed by atoms with Crippen molar-refractivity contribution in [3.63, 3.8) is 0 Å². The number of aliphatic imine (C=N–C) groups is 1. The third-order valence-corrected chi connectivity index (χ3v) is 5.80. The molecule has 1 saturated carbocycles. The quantitative estimate of drug-likeness (QED) is 0.272. The van der Waals surface area contributed by atoms with E-state index < -0.39 is 17.8 Å². The number of hydrogen-bond donors (Lipinski definition) is 3. The Morgan fingerprint density at radius 3 is 2.81 bits per heavy atom. The van der Waals surface area contributed by atoms with Crippen LogP contribution in [-0.4, -0.2) is 55.6 Å². The number of aliphatic hydroxyl groups is 1. The second-order valence-corrected chi connectivity index (χ2v) is 8.40. The number of alkyl halides is 3. The van der Waals surface area contributed by atoms with Crippen LogP contribution in [0.4, 0.5) is 13.2 Å². The van der Waals surface area contributed by atoms with Gasteiger partial charge in [-0.05, 0) is 31.5 Å². The van der Waals surface area contributed by atoms with E-state index in [1.807, 2.05) is 6.92 Å². The highest BCUT2D eigenvalue weighted by Gasteiger charge is 2.59. The number of halogens is 4. The van der Waals surface area contributed by atoms with Gasteiger partial charge in [-0.3, -0.25) is 4.99 Å². The Bertz CT molecular complexity index is 761. The summed E-state index contributed by atoms with van der Waals surface area (Å²) < 4.78 is 49.5. The molecule has 3 rings (SSSR count). The Morgan fingerprint density at radius 2 is 2.13 bits per heavy atom. The molecule has 176 valence electrons. The molecule has 3 N–H and O–H groups in total. The maximum atomic E-state index is 12.8. The van der Waals surface area contributed by atoms with Crippen LogP contribution in [0.1, 0.15) is 32.8 Å². The number of ether oxygens (including phenoxy) is 2. The summed E-state index contributed by atoms with van der Waals surface area (Å²) in [6.45, 7) is 7.63. The van der Waals surface area contributed by atoms with Crippen LogP contribution in [-0.2, 0) is 10.9 Å². The van der Waals surface area contributed by atoms with Crippen molar-refractivity contribution in [1.29, 1.82) is 0 Å². The minimum Gasteiger partial charge on any atom is -0.491 e. The van der Waals surface area contributed by atoms with Crippen molar-refractivity contribution in [2.75, 3.05) is 26.3 Å². The fourth-order valence-corrected chi connectivity index (χ4v) is 4.29. The minimum absolute atomic E-state index is 0. The first kappa shape index (κ1) is 26.0. The van der Waals surface area contributed by atoms with Gasteiger partial charge < -0.3 is 25.2 Å². The molecular formula is C21H31F3IN3O3. The van der Waals surface area contributed by atoms with Gasteiger partial charge in [-0.1, -0.05) is 19.9 Å². The monoisotopic (exact) mass is 557 g/mol. The summed E-state index contributed by atoms with van der Waals surface area (Å²) in [4.78, 5) is 4.43. The average Bonchev–Trinajstić information content (AvgIpc) is 3.15.